The molecule has 6 atom stereocenters. The minimum Gasteiger partial charge on any atom is -0.342 e. The molecule has 1 saturated heterocycles. The molecule has 0 aromatic rings. The van der Waals surface area contributed by atoms with E-state index in [-0.39, 0.29) is 12.0 Å². The molecule has 3 rings (SSSR count). The number of likely N-dealkylation sites (tertiary alicyclic amines) is 1. The second kappa shape index (κ2) is 5.30. The minimum atomic E-state index is 0.105. The Morgan fingerprint density at radius 1 is 1.20 bits per heavy atom. The molecule has 2 N–H and O–H groups in total. The van der Waals surface area contributed by atoms with Gasteiger partial charge in [-0.1, -0.05) is 0 Å². The first kappa shape index (κ1) is 14.3. The zero-order valence-corrected chi connectivity index (χ0v) is 13.1. The Labute approximate surface area is 122 Å². The molecule has 0 aromatic carbocycles. The first-order valence-corrected chi connectivity index (χ1v) is 8.21. The number of hydrogen-bond acceptors (Lipinski definition) is 3. The highest BCUT2D eigenvalue weighted by Crippen LogP contribution is 2.48. The minimum absolute atomic E-state index is 0.105. The predicted molar refractivity (Wildman–Crippen MR) is 80.2 cm³/mol. The Morgan fingerprint density at radius 2 is 1.90 bits per heavy atom. The van der Waals surface area contributed by atoms with Crippen LogP contribution in [0.2, 0.25) is 0 Å². The third-order valence-corrected chi connectivity index (χ3v) is 6.34. The molecule has 114 valence electrons. The molecule has 0 spiro atoms. The largest absolute Gasteiger partial charge is 0.342 e. The number of rotatable bonds is 2. The number of nitrogens with zero attached hydrogens (tertiary/aromatic N) is 2. The van der Waals surface area contributed by atoms with Gasteiger partial charge in [-0.15, -0.1) is 0 Å². The summed E-state index contributed by atoms with van der Waals surface area (Å²) in [5, 5.41) is 0. The number of carbonyl (C=O) groups is 1. The van der Waals surface area contributed by atoms with Crippen LogP contribution >= 0.6 is 0 Å². The highest BCUT2D eigenvalue weighted by Gasteiger charge is 2.50. The molecule has 6 unspecified atom stereocenters. The molecule has 4 heteroatoms. The Kier molecular flexibility index (Phi) is 3.80. The molecule has 3 aliphatic rings. The van der Waals surface area contributed by atoms with Gasteiger partial charge in [-0.3, -0.25) is 4.79 Å². The topological polar surface area (TPSA) is 49.6 Å². The molecular weight excluding hydrogens is 250 g/mol. The molecule has 1 amide bonds. The van der Waals surface area contributed by atoms with Gasteiger partial charge in [0.05, 0.1) is 5.92 Å². The fourth-order valence-corrected chi connectivity index (χ4v) is 4.73. The predicted octanol–water partition coefficient (Wildman–Crippen LogP) is 1.30. The molecule has 1 heterocycles. The zero-order valence-electron chi connectivity index (χ0n) is 13.1. The number of fused-ring (bicyclic) bond motifs is 2. The van der Waals surface area contributed by atoms with Crippen molar-refractivity contribution in [2.45, 2.75) is 57.2 Å². The fourth-order valence-electron chi connectivity index (χ4n) is 4.73. The molecule has 2 saturated carbocycles. The molecule has 20 heavy (non-hydrogen) atoms. The molecule has 2 bridgehead atoms. The average molecular weight is 279 g/mol. The molecule has 2 aliphatic carbocycles. The van der Waals surface area contributed by atoms with Crippen molar-refractivity contribution in [3.63, 3.8) is 0 Å². The van der Waals surface area contributed by atoms with Crippen LogP contribution in [0.1, 0.15) is 39.0 Å². The molecule has 1 aliphatic heterocycles. The summed E-state index contributed by atoms with van der Waals surface area (Å²) >= 11 is 0. The van der Waals surface area contributed by atoms with Crippen molar-refractivity contribution in [2.75, 3.05) is 20.6 Å². The van der Waals surface area contributed by atoms with Gasteiger partial charge in [0.15, 0.2) is 0 Å². The average Bonchev–Trinajstić information content (AvgIpc) is 3.01. The van der Waals surface area contributed by atoms with Crippen molar-refractivity contribution in [1.82, 2.24) is 9.80 Å². The first-order valence-electron chi connectivity index (χ1n) is 8.21. The van der Waals surface area contributed by atoms with Crippen molar-refractivity contribution in [2.24, 2.45) is 23.5 Å². The molecule has 3 fully saturated rings. The van der Waals surface area contributed by atoms with Crippen LogP contribution in [0.3, 0.4) is 0 Å². The Bertz CT molecular complexity index is 384. The lowest BCUT2D eigenvalue weighted by Crippen LogP contribution is -2.52. The fraction of sp³-hybridized carbons (Fsp3) is 0.938. The molecular formula is C16H29N3O. The van der Waals surface area contributed by atoms with Gasteiger partial charge < -0.3 is 15.5 Å². The van der Waals surface area contributed by atoms with Crippen LogP contribution in [0.4, 0.5) is 0 Å². The second-order valence-electron chi connectivity index (χ2n) is 7.39. The van der Waals surface area contributed by atoms with Crippen molar-refractivity contribution < 1.29 is 4.79 Å². The summed E-state index contributed by atoms with van der Waals surface area (Å²) in [4.78, 5) is 17.3. The summed E-state index contributed by atoms with van der Waals surface area (Å²) in [6.07, 6.45) is 5.83. The van der Waals surface area contributed by atoms with E-state index in [0.717, 1.165) is 19.4 Å². The lowest BCUT2D eigenvalue weighted by atomic mass is 9.83. The van der Waals surface area contributed by atoms with Gasteiger partial charge in [-0.05, 0) is 57.9 Å². The number of nitrogens with two attached hydrogens (primary N) is 1. The summed E-state index contributed by atoms with van der Waals surface area (Å²) in [6.45, 7) is 3.35. The van der Waals surface area contributed by atoms with Gasteiger partial charge in [0, 0.05) is 31.7 Å². The van der Waals surface area contributed by atoms with E-state index in [4.69, 9.17) is 5.73 Å². The lowest BCUT2D eigenvalue weighted by Gasteiger charge is -2.41. The van der Waals surface area contributed by atoms with Crippen LogP contribution in [-0.4, -0.2) is 54.5 Å². The number of hydrogen-bond donors (Lipinski definition) is 1. The summed E-state index contributed by atoms with van der Waals surface area (Å²) in [6, 6.07) is 1.09. The molecule has 0 radical (unpaired) electrons. The SMILES string of the molecule is CC1CC(N(C)C(=O)C2C3CCC(C3)C2N)CCN1C. The van der Waals surface area contributed by atoms with E-state index < -0.39 is 0 Å². The van der Waals surface area contributed by atoms with Crippen LogP contribution < -0.4 is 5.73 Å². The first-order chi connectivity index (χ1) is 9.49. The zero-order chi connectivity index (χ0) is 14.4. The van der Waals surface area contributed by atoms with E-state index in [1.807, 2.05) is 11.9 Å². The van der Waals surface area contributed by atoms with E-state index in [0.29, 0.717) is 29.8 Å². The summed E-state index contributed by atoms with van der Waals surface area (Å²) < 4.78 is 0. The summed E-state index contributed by atoms with van der Waals surface area (Å²) in [5.41, 5.74) is 6.33. The Hall–Kier alpha value is -0.610. The van der Waals surface area contributed by atoms with Gasteiger partial charge in [0.25, 0.3) is 0 Å². The van der Waals surface area contributed by atoms with E-state index >= 15 is 0 Å². The van der Waals surface area contributed by atoms with Gasteiger partial charge in [-0.25, -0.2) is 0 Å². The van der Waals surface area contributed by atoms with Crippen LogP contribution in [0.15, 0.2) is 0 Å². The van der Waals surface area contributed by atoms with Gasteiger partial charge >= 0.3 is 0 Å². The van der Waals surface area contributed by atoms with Crippen molar-refractivity contribution in [3.8, 4) is 0 Å². The van der Waals surface area contributed by atoms with Crippen molar-refractivity contribution in [1.29, 1.82) is 0 Å². The number of piperidine rings is 1. The standard InChI is InChI=1S/C16H29N3O/c1-10-8-13(6-7-18(10)2)19(3)16(20)14-11-4-5-12(9-11)15(14)17/h10-15H,4-9,17H2,1-3H3. The molecule has 4 nitrogen and oxygen atoms in total. The van der Waals surface area contributed by atoms with E-state index in [9.17, 15) is 4.79 Å². The maximum atomic E-state index is 12.9. The van der Waals surface area contributed by atoms with E-state index in [2.05, 4.69) is 18.9 Å². The number of carbonyl (C=O) groups excluding carboxylic acids is 1. The lowest BCUT2D eigenvalue weighted by molar-refractivity contribution is -0.139. The third-order valence-electron chi connectivity index (χ3n) is 6.34. The highest BCUT2D eigenvalue weighted by molar-refractivity contribution is 5.80. The van der Waals surface area contributed by atoms with Crippen molar-refractivity contribution in [3.05, 3.63) is 0 Å². The molecule has 0 aromatic heterocycles. The summed E-state index contributed by atoms with van der Waals surface area (Å²) in [7, 11) is 4.18. The van der Waals surface area contributed by atoms with Crippen molar-refractivity contribution >= 4 is 5.91 Å². The Morgan fingerprint density at radius 3 is 2.50 bits per heavy atom. The highest BCUT2D eigenvalue weighted by atomic mass is 16.2. The third kappa shape index (κ3) is 2.27. The van der Waals surface area contributed by atoms with Crippen LogP contribution in [0.25, 0.3) is 0 Å². The van der Waals surface area contributed by atoms with E-state index in [1.54, 1.807) is 0 Å². The normalized spacial score (nSPS) is 44.8. The maximum Gasteiger partial charge on any atom is 0.227 e. The quantitative estimate of drug-likeness (QED) is 0.829. The van der Waals surface area contributed by atoms with Gasteiger partial charge in [-0.2, -0.15) is 0 Å². The number of amides is 1. The Balaban J connectivity index is 1.65. The second-order valence-corrected chi connectivity index (χ2v) is 7.39. The van der Waals surface area contributed by atoms with Crippen LogP contribution in [0, 0.1) is 17.8 Å². The maximum absolute atomic E-state index is 12.9. The van der Waals surface area contributed by atoms with Gasteiger partial charge in [0.2, 0.25) is 5.91 Å². The summed E-state index contributed by atoms with van der Waals surface area (Å²) in [5.74, 6) is 1.60. The van der Waals surface area contributed by atoms with E-state index in [1.165, 1.54) is 19.3 Å². The van der Waals surface area contributed by atoms with Crippen LogP contribution in [0.5, 0.6) is 0 Å². The monoisotopic (exact) mass is 279 g/mol. The van der Waals surface area contributed by atoms with Crippen LogP contribution in [-0.2, 0) is 4.79 Å². The smallest absolute Gasteiger partial charge is 0.227 e. The van der Waals surface area contributed by atoms with Gasteiger partial charge in [0.1, 0.15) is 0 Å².